The maximum Gasteiger partial charge on any atom is 0.306 e. The van der Waals surface area contributed by atoms with Crippen molar-refractivity contribution in [1.29, 1.82) is 0 Å². The van der Waals surface area contributed by atoms with Crippen LogP contribution in [0.2, 0.25) is 0 Å². The molecule has 2 rings (SSSR count). The monoisotopic (exact) mass is 694 g/mol. The van der Waals surface area contributed by atoms with Crippen molar-refractivity contribution in [1.82, 2.24) is 0 Å². The highest BCUT2D eigenvalue weighted by Crippen LogP contribution is 2.42. The molecule has 0 aromatic rings. The smallest absolute Gasteiger partial charge is 0.306 e. The molecule has 10 heteroatoms. The normalized spacial score (nSPS) is 17.8. The van der Waals surface area contributed by atoms with Gasteiger partial charge in [-0.15, -0.1) is 0 Å². The van der Waals surface area contributed by atoms with Gasteiger partial charge in [0.25, 0.3) is 0 Å². The van der Waals surface area contributed by atoms with Crippen molar-refractivity contribution < 1.29 is 48.5 Å². The number of hydrogen-bond donors (Lipinski definition) is 2. The van der Waals surface area contributed by atoms with Gasteiger partial charge in [0, 0.05) is 46.3 Å². The number of ketones is 4. The van der Waals surface area contributed by atoms with Crippen LogP contribution in [-0.4, -0.2) is 58.5 Å². The molecule has 0 aliphatic heterocycles. The molecule has 0 saturated heterocycles. The zero-order valence-electron chi connectivity index (χ0n) is 31.3. The molecule has 10 nitrogen and oxygen atoms in total. The second kappa shape index (κ2) is 18.6. The van der Waals surface area contributed by atoms with Gasteiger partial charge in [0.1, 0.15) is 24.7 Å². The summed E-state index contributed by atoms with van der Waals surface area (Å²) in [6.45, 7) is 17.7. The molecule has 0 aromatic carbocycles. The van der Waals surface area contributed by atoms with Crippen molar-refractivity contribution >= 4 is 35.1 Å². The standard InChI is InChI=1S/C40H54O10/c1-21(2)17-29(41)49-19-23(5)13-11-15-25(7)31-37(45)33(27(9)35(43)39(31)47)34-28(10)36(44)40(48)32(38(34)46)26(8)16-12-14-24(6)20-50-30(42)18-22(3)4/h13-14,21-22,25-26,45-46H,11-12,15-20H2,1-10H3/b23-13-,24-14-/t25-,26-/m0/s1. The van der Waals surface area contributed by atoms with Crippen LogP contribution in [0.5, 0.6) is 0 Å². The molecular weight excluding hydrogens is 640 g/mol. The van der Waals surface area contributed by atoms with E-state index in [1.165, 1.54) is 13.8 Å². The van der Waals surface area contributed by atoms with Gasteiger partial charge in [0.2, 0.25) is 23.1 Å². The molecule has 2 aliphatic rings. The number of Topliss-reactive ketones (excluding diaryl/α,β-unsaturated/α-hetero) is 4. The number of allylic oxidation sites excluding steroid dienone is 8. The zero-order chi connectivity index (χ0) is 38.0. The van der Waals surface area contributed by atoms with E-state index in [0.29, 0.717) is 38.5 Å². The third-order valence-electron chi connectivity index (χ3n) is 8.81. The summed E-state index contributed by atoms with van der Waals surface area (Å²) >= 11 is 0. The van der Waals surface area contributed by atoms with Crippen LogP contribution in [0.1, 0.15) is 108 Å². The predicted molar refractivity (Wildman–Crippen MR) is 190 cm³/mol. The Kier molecular flexibility index (Phi) is 15.6. The fraction of sp³-hybridized carbons (Fsp3) is 0.550. The van der Waals surface area contributed by atoms with Gasteiger partial charge in [-0.1, -0.05) is 53.7 Å². The fourth-order valence-electron chi connectivity index (χ4n) is 5.92. The van der Waals surface area contributed by atoms with Crippen LogP contribution in [0.25, 0.3) is 0 Å². The number of carbonyl (C=O) groups is 6. The SMILES string of the molecule is CC1=C(C2=C(C)C(=O)C(=O)C([C@@H](C)CC/C=C(/C)COC(=O)CC(C)C)=C2O)C(O)=C([C@@H](C)CC/C=C(/C)COC(=O)CC(C)C)C(=O)C1=O. The molecule has 0 radical (unpaired) electrons. The maximum atomic E-state index is 13.3. The summed E-state index contributed by atoms with van der Waals surface area (Å²) < 4.78 is 10.6. The second-order valence-corrected chi connectivity index (χ2v) is 14.4. The summed E-state index contributed by atoms with van der Waals surface area (Å²) in [5, 5.41) is 23.1. The Morgan fingerprint density at radius 2 is 0.920 bits per heavy atom. The minimum absolute atomic E-state index is 0.133. The summed E-state index contributed by atoms with van der Waals surface area (Å²) in [6.07, 6.45) is 6.02. The first-order valence-corrected chi connectivity index (χ1v) is 17.4. The van der Waals surface area contributed by atoms with Crippen molar-refractivity contribution in [2.45, 2.75) is 108 Å². The lowest BCUT2D eigenvalue weighted by atomic mass is 9.74. The van der Waals surface area contributed by atoms with Gasteiger partial charge in [0.15, 0.2) is 0 Å². The van der Waals surface area contributed by atoms with Crippen molar-refractivity contribution in [3.8, 4) is 0 Å². The topological polar surface area (TPSA) is 161 Å². The summed E-state index contributed by atoms with van der Waals surface area (Å²) in [6, 6.07) is 0. The van der Waals surface area contributed by atoms with E-state index in [0.717, 1.165) is 11.1 Å². The largest absolute Gasteiger partial charge is 0.507 e. The predicted octanol–water partition coefficient (Wildman–Crippen LogP) is 7.45. The highest BCUT2D eigenvalue weighted by Gasteiger charge is 2.42. The molecule has 0 fully saturated rings. The van der Waals surface area contributed by atoms with E-state index in [-0.39, 0.29) is 70.4 Å². The Labute approximate surface area is 296 Å². The molecule has 274 valence electrons. The lowest BCUT2D eigenvalue weighted by molar-refractivity contribution is -0.144. The second-order valence-electron chi connectivity index (χ2n) is 14.4. The van der Waals surface area contributed by atoms with Crippen LogP contribution >= 0.6 is 0 Å². The molecule has 50 heavy (non-hydrogen) atoms. The summed E-state index contributed by atoms with van der Waals surface area (Å²) in [5.74, 6) is -5.89. The van der Waals surface area contributed by atoms with Crippen molar-refractivity contribution in [3.05, 3.63) is 68.3 Å². The number of aliphatic hydroxyl groups is 2. The van der Waals surface area contributed by atoms with E-state index in [1.807, 2.05) is 53.7 Å². The minimum Gasteiger partial charge on any atom is -0.507 e. The Hall–Kier alpha value is -4.34. The molecule has 0 amide bonds. The Morgan fingerprint density at radius 3 is 1.22 bits per heavy atom. The minimum atomic E-state index is -0.870. The van der Waals surface area contributed by atoms with Crippen LogP contribution in [0.3, 0.4) is 0 Å². The van der Waals surface area contributed by atoms with Crippen molar-refractivity contribution in [2.24, 2.45) is 23.7 Å². The first-order valence-electron chi connectivity index (χ1n) is 17.4. The Bertz CT molecular complexity index is 1470. The molecule has 0 saturated carbocycles. The average molecular weight is 695 g/mol. The van der Waals surface area contributed by atoms with Gasteiger partial charge >= 0.3 is 11.9 Å². The molecular formula is C40H54O10. The molecule has 0 bridgehead atoms. The van der Waals surface area contributed by atoms with Gasteiger partial charge in [-0.05, 0) is 88.2 Å². The van der Waals surface area contributed by atoms with Gasteiger partial charge < -0.3 is 19.7 Å². The Balaban J connectivity index is 2.34. The van der Waals surface area contributed by atoms with E-state index in [1.54, 1.807) is 13.8 Å². The number of carbonyl (C=O) groups excluding carboxylic acids is 6. The number of ether oxygens (including phenoxy) is 2. The van der Waals surface area contributed by atoms with Crippen LogP contribution < -0.4 is 0 Å². The molecule has 0 heterocycles. The van der Waals surface area contributed by atoms with E-state index in [9.17, 15) is 39.0 Å². The summed E-state index contributed by atoms with van der Waals surface area (Å²) in [5.41, 5.74) is 0.811. The molecule has 0 spiro atoms. The Morgan fingerprint density at radius 1 is 0.600 bits per heavy atom. The van der Waals surface area contributed by atoms with E-state index in [2.05, 4.69) is 0 Å². The molecule has 0 unspecified atom stereocenters. The zero-order valence-corrected chi connectivity index (χ0v) is 31.3. The van der Waals surface area contributed by atoms with E-state index in [4.69, 9.17) is 9.47 Å². The molecule has 2 N–H and O–H groups in total. The van der Waals surface area contributed by atoms with Crippen LogP contribution in [0.15, 0.2) is 68.3 Å². The first kappa shape index (κ1) is 41.8. The number of esters is 2. The summed E-state index contributed by atoms with van der Waals surface area (Å²) in [7, 11) is 0. The number of hydrogen-bond acceptors (Lipinski definition) is 10. The van der Waals surface area contributed by atoms with Crippen LogP contribution in [0, 0.1) is 23.7 Å². The quantitative estimate of drug-likeness (QED) is 0.0677. The van der Waals surface area contributed by atoms with Gasteiger partial charge in [-0.3, -0.25) is 28.8 Å². The van der Waals surface area contributed by atoms with Gasteiger partial charge in [-0.2, -0.15) is 0 Å². The molecule has 2 aliphatic carbocycles. The average Bonchev–Trinajstić information content (AvgIpc) is 3.01. The lowest BCUT2D eigenvalue weighted by Gasteiger charge is -2.28. The highest BCUT2D eigenvalue weighted by atomic mass is 16.5. The van der Waals surface area contributed by atoms with Crippen LogP contribution in [-0.2, 0) is 38.2 Å². The van der Waals surface area contributed by atoms with E-state index >= 15 is 0 Å². The number of rotatable bonds is 17. The van der Waals surface area contributed by atoms with Crippen molar-refractivity contribution in [3.63, 3.8) is 0 Å². The first-order chi connectivity index (χ1) is 23.3. The van der Waals surface area contributed by atoms with Gasteiger partial charge in [0.05, 0.1) is 0 Å². The van der Waals surface area contributed by atoms with Crippen LogP contribution in [0.4, 0.5) is 0 Å². The van der Waals surface area contributed by atoms with E-state index < -0.39 is 46.5 Å². The highest BCUT2D eigenvalue weighted by molar-refractivity contribution is 6.52. The van der Waals surface area contributed by atoms with Crippen molar-refractivity contribution in [2.75, 3.05) is 13.2 Å². The third-order valence-corrected chi connectivity index (χ3v) is 8.81. The lowest BCUT2D eigenvalue weighted by Crippen LogP contribution is -2.33. The summed E-state index contributed by atoms with van der Waals surface area (Å²) in [4.78, 5) is 76.7. The number of aliphatic hydroxyl groups excluding tert-OH is 2. The molecule has 2 atom stereocenters. The van der Waals surface area contributed by atoms with Gasteiger partial charge in [-0.25, -0.2) is 0 Å². The fourth-order valence-corrected chi connectivity index (χ4v) is 5.92. The molecule has 0 aromatic heterocycles. The third kappa shape index (κ3) is 10.8. The maximum absolute atomic E-state index is 13.3.